The van der Waals surface area contributed by atoms with Crippen LogP contribution in [0.15, 0.2) is 53.6 Å². The molecule has 2 aliphatic carbocycles. The zero-order chi connectivity index (χ0) is 31.9. The number of benzene rings is 1. The van der Waals surface area contributed by atoms with E-state index in [1.165, 1.54) is 29.9 Å². The molecule has 0 fully saturated rings. The van der Waals surface area contributed by atoms with Gasteiger partial charge in [0.2, 0.25) is 0 Å². The van der Waals surface area contributed by atoms with E-state index in [0.29, 0.717) is 0 Å². The number of allylic oxidation sites excluding steroid dienone is 5. The fourth-order valence-corrected chi connectivity index (χ4v) is 7.91. The molecule has 5 rings (SSSR count). The molecule has 2 heterocycles. The number of carbonyl (C=O) groups excluding carboxylic acids is 1. The Bertz CT molecular complexity index is 1780. The fraction of sp³-hybridized carbons (Fsp3) is 0.410. The summed E-state index contributed by atoms with van der Waals surface area (Å²) in [4.78, 5) is 15.9. The fourth-order valence-electron chi connectivity index (χ4n) is 5.76. The van der Waals surface area contributed by atoms with Crippen molar-refractivity contribution in [3.63, 3.8) is 0 Å². The number of fused-ring (bicyclic) bond motifs is 3. The van der Waals surface area contributed by atoms with E-state index in [4.69, 9.17) is 0 Å². The normalized spacial score (nSPS) is 15.9. The third-order valence-electron chi connectivity index (χ3n) is 8.29. The highest BCUT2D eigenvalue weighted by Gasteiger charge is 2.34. The SMILES string of the molecule is CC(C)(C)C1=CC(=c2cc3c(s2)=CC=Cc2sc(-c4cc(C(C)(C)C)c([O-])c(C(C)(C)C)c4)cc2-3)C=C(C(C)(C)C)C1=O. The molecule has 0 spiro atoms. The van der Waals surface area contributed by atoms with Crippen LogP contribution in [0.2, 0.25) is 0 Å². The summed E-state index contributed by atoms with van der Waals surface area (Å²) in [6, 6.07) is 8.84. The van der Waals surface area contributed by atoms with Gasteiger partial charge in [0.25, 0.3) is 0 Å². The number of rotatable bonds is 1. The monoisotopic (exact) mass is 609 g/mol. The summed E-state index contributed by atoms with van der Waals surface area (Å²) in [6.07, 6.45) is 10.8. The molecule has 0 saturated heterocycles. The Labute approximate surface area is 265 Å². The average molecular weight is 610 g/mol. The molecule has 4 heteroatoms. The summed E-state index contributed by atoms with van der Waals surface area (Å²) in [5.74, 6) is 0.323. The Morgan fingerprint density at radius 2 is 1.19 bits per heavy atom. The average Bonchev–Trinajstić information content (AvgIpc) is 3.42. The molecule has 0 bridgehead atoms. The molecule has 226 valence electrons. The summed E-state index contributed by atoms with van der Waals surface area (Å²) in [5.41, 5.74) is 7.14. The van der Waals surface area contributed by atoms with Gasteiger partial charge in [-0.25, -0.2) is 0 Å². The zero-order valence-corrected chi connectivity index (χ0v) is 29.5. The van der Waals surface area contributed by atoms with E-state index in [1.54, 1.807) is 22.7 Å². The lowest BCUT2D eigenvalue weighted by atomic mass is 9.72. The largest absolute Gasteiger partial charge is 0.872 e. The van der Waals surface area contributed by atoms with Gasteiger partial charge >= 0.3 is 0 Å². The van der Waals surface area contributed by atoms with E-state index in [0.717, 1.165) is 33.4 Å². The Balaban J connectivity index is 1.72. The van der Waals surface area contributed by atoms with Gasteiger partial charge in [-0.2, -0.15) is 0 Å². The number of ketones is 1. The third kappa shape index (κ3) is 5.93. The lowest BCUT2D eigenvalue weighted by Crippen LogP contribution is -2.28. The first-order chi connectivity index (χ1) is 19.7. The lowest BCUT2D eigenvalue weighted by molar-refractivity contribution is -0.271. The van der Waals surface area contributed by atoms with Gasteiger partial charge < -0.3 is 5.11 Å². The van der Waals surface area contributed by atoms with Crippen molar-refractivity contribution in [2.45, 2.75) is 93.9 Å². The van der Waals surface area contributed by atoms with Crippen LogP contribution in [0.25, 0.3) is 39.3 Å². The molecule has 2 nitrogen and oxygen atoms in total. The van der Waals surface area contributed by atoms with Crippen molar-refractivity contribution in [3.8, 4) is 27.3 Å². The maximum Gasteiger partial charge on any atom is 0.186 e. The molecule has 1 aromatic carbocycles. The second kappa shape index (κ2) is 10.3. The van der Waals surface area contributed by atoms with Crippen LogP contribution in [0.1, 0.15) is 99.1 Å². The van der Waals surface area contributed by atoms with E-state index in [2.05, 4.69) is 138 Å². The molecule has 0 unspecified atom stereocenters. The first-order valence-corrected chi connectivity index (χ1v) is 16.8. The van der Waals surface area contributed by atoms with Crippen molar-refractivity contribution >= 4 is 46.2 Å². The van der Waals surface area contributed by atoms with Gasteiger partial charge in [0, 0.05) is 41.1 Å². The summed E-state index contributed by atoms with van der Waals surface area (Å²) in [6.45, 7) is 25.5. The number of carbonyl (C=O) groups is 1. The van der Waals surface area contributed by atoms with Gasteiger partial charge in [0.15, 0.2) is 5.78 Å². The van der Waals surface area contributed by atoms with Crippen LogP contribution in [0.5, 0.6) is 5.75 Å². The number of Topliss-reactive ketones (excluding diaryl/α,β-unsaturated/α-hetero) is 1. The van der Waals surface area contributed by atoms with Gasteiger partial charge in [-0.15, -0.1) is 28.4 Å². The summed E-state index contributed by atoms with van der Waals surface area (Å²) < 4.78 is 2.39. The summed E-state index contributed by atoms with van der Waals surface area (Å²) in [5, 5.41) is 13.5. The molecular formula is C39H45O2S2-. The Morgan fingerprint density at radius 1 is 0.651 bits per heavy atom. The highest BCUT2D eigenvalue weighted by Crippen LogP contribution is 2.45. The predicted molar refractivity (Wildman–Crippen MR) is 186 cm³/mol. The molecule has 0 aliphatic heterocycles. The molecule has 3 aromatic rings. The van der Waals surface area contributed by atoms with E-state index in [-0.39, 0.29) is 33.2 Å². The minimum Gasteiger partial charge on any atom is -0.872 e. The molecule has 0 atom stereocenters. The Hall–Kier alpha value is -2.95. The van der Waals surface area contributed by atoms with Crippen LogP contribution in [0.4, 0.5) is 0 Å². The van der Waals surface area contributed by atoms with E-state index < -0.39 is 0 Å². The van der Waals surface area contributed by atoms with Gasteiger partial charge in [0.1, 0.15) is 0 Å². The van der Waals surface area contributed by atoms with Crippen molar-refractivity contribution < 1.29 is 9.90 Å². The third-order valence-corrected chi connectivity index (χ3v) is 10.6. The molecule has 43 heavy (non-hydrogen) atoms. The molecule has 0 N–H and O–H groups in total. The van der Waals surface area contributed by atoms with Crippen LogP contribution >= 0.6 is 22.7 Å². The number of hydrogen-bond donors (Lipinski definition) is 0. The van der Waals surface area contributed by atoms with Crippen LogP contribution in [-0.4, -0.2) is 5.78 Å². The Morgan fingerprint density at radius 3 is 1.67 bits per heavy atom. The van der Waals surface area contributed by atoms with Crippen molar-refractivity contribution in [3.05, 3.63) is 78.7 Å². The second-order valence-electron chi connectivity index (χ2n) is 16.1. The standard InChI is InChI=1S/C39H46O2S2/c1-36(2,3)26-16-22(17-27(34(26)40)37(4,5)6)32-20-24-25-21-33(43-31(25)15-13-14-30(24)42-32)23-18-28(38(7,8)9)35(41)29(19-23)39(10,11)12/h13-21,40H,1-12H3/p-1. The minimum absolute atomic E-state index is 0.162. The smallest absolute Gasteiger partial charge is 0.186 e. The first-order valence-electron chi connectivity index (χ1n) is 15.2. The summed E-state index contributed by atoms with van der Waals surface area (Å²) in [7, 11) is 0. The van der Waals surface area contributed by atoms with E-state index in [9.17, 15) is 9.90 Å². The van der Waals surface area contributed by atoms with E-state index >= 15 is 0 Å². The highest BCUT2D eigenvalue weighted by atomic mass is 32.1. The van der Waals surface area contributed by atoms with Gasteiger partial charge in [-0.3, -0.25) is 4.79 Å². The predicted octanol–water partition coefficient (Wildman–Crippen LogP) is 9.30. The topological polar surface area (TPSA) is 40.1 Å². The minimum atomic E-state index is -0.247. The first kappa shape index (κ1) is 31.5. The lowest BCUT2D eigenvalue weighted by Gasteiger charge is -2.34. The molecular weight excluding hydrogens is 565 g/mol. The Kier molecular flexibility index (Phi) is 7.55. The van der Waals surface area contributed by atoms with Crippen LogP contribution in [-0.2, 0) is 15.6 Å². The summed E-state index contributed by atoms with van der Waals surface area (Å²) >= 11 is 3.57. The molecule has 2 aromatic heterocycles. The maximum atomic E-state index is 13.5. The molecule has 0 radical (unpaired) electrons. The van der Waals surface area contributed by atoms with Crippen molar-refractivity contribution in [1.82, 2.24) is 0 Å². The quantitative estimate of drug-likeness (QED) is 0.276. The van der Waals surface area contributed by atoms with E-state index in [1.807, 2.05) is 0 Å². The van der Waals surface area contributed by atoms with Crippen LogP contribution in [0, 0.1) is 10.8 Å². The highest BCUT2D eigenvalue weighted by molar-refractivity contribution is 7.17. The molecule has 0 amide bonds. The molecule has 2 aliphatic rings. The van der Waals surface area contributed by atoms with Crippen molar-refractivity contribution in [2.24, 2.45) is 10.8 Å². The van der Waals surface area contributed by atoms with Crippen LogP contribution < -0.4 is 14.2 Å². The maximum absolute atomic E-state index is 13.5. The van der Waals surface area contributed by atoms with Crippen molar-refractivity contribution in [2.75, 3.05) is 0 Å². The second-order valence-corrected chi connectivity index (χ2v) is 18.3. The van der Waals surface area contributed by atoms with Gasteiger partial charge in [0.05, 0.1) is 0 Å². The van der Waals surface area contributed by atoms with Crippen LogP contribution in [0.3, 0.4) is 0 Å². The number of hydrogen-bond acceptors (Lipinski definition) is 4. The number of thiophene rings is 2. The van der Waals surface area contributed by atoms with Gasteiger partial charge in [-0.05, 0) is 80.4 Å². The molecule has 0 saturated carbocycles. The van der Waals surface area contributed by atoms with Crippen molar-refractivity contribution in [1.29, 1.82) is 0 Å². The van der Waals surface area contributed by atoms with Gasteiger partial charge in [-0.1, -0.05) is 101 Å². The zero-order valence-electron chi connectivity index (χ0n) is 27.8.